The highest BCUT2D eigenvalue weighted by atomic mass is 19.1. The predicted octanol–water partition coefficient (Wildman–Crippen LogP) is 3.49. The molecule has 4 rings (SSSR count). The number of pyridine rings is 1. The molecule has 0 radical (unpaired) electrons. The Kier molecular flexibility index (Phi) is 7.35. The number of likely N-dealkylation sites (tertiary alicyclic amines) is 1. The van der Waals surface area contributed by atoms with E-state index >= 15 is 0 Å². The molecule has 1 N–H and O–H groups in total. The van der Waals surface area contributed by atoms with Gasteiger partial charge in [-0.1, -0.05) is 12.1 Å². The van der Waals surface area contributed by atoms with Crippen LogP contribution in [-0.4, -0.2) is 77.8 Å². The number of aromatic nitrogens is 3. The number of nitrogens with one attached hydrogen (secondary N) is 1. The van der Waals surface area contributed by atoms with Gasteiger partial charge in [0.2, 0.25) is 12.3 Å². The molecule has 186 valence electrons. The maximum absolute atomic E-state index is 14.2. The van der Waals surface area contributed by atoms with Crippen molar-refractivity contribution in [2.24, 2.45) is 0 Å². The first kappa shape index (κ1) is 24.7. The molecule has 0 saturated carbocycles. The summed E-state index contributed by atoms with van der Waals surface area (Å²) >= 11 is 0. The van der Waals surface area contributed by atoms with Crippen LogP contribution in [0.15, 0.2) is 42.7 Å². The fraction of sp³-hybridized carbons (Fsp3) is 0.423. The molecule has 1 aliphatic rings. The number of halogens is 1. The largest absolute Gasteiger partial charge is 0.480 e. The monoisotopic (exact) mass is 480 g/mol. The number of ether oxygens (including phenoxy) is 1. The van der Waals surface area contributed by atoms with Crippen molar-refractivity contribution < 1.29 is 13.9 Å². The SMILES string of the molecule is COc1nc(N(C)CC2(N(C=O)Cc3cccc(F)c3C)CCN(C)CC2)ccc1-c1cn[nH]c1. The number of rotatable bonds is 9. The number of hydrogen-bond donors (Lipinski definition) is 1. The Hall–Kier alpha value is -3.46. The van der Waals surface area contributed by atoms with Crippen molar-refractivity contribution in [1.29, 1.82) is 0 Å². The zero-order valence-electron chi connectivity index (χ0n) is 20.8. The lowest BCUT2D eigenvalue weighted by molar-refractivity contribution is -0.126. The van der Waals surface area contributed by atoms with E-state index in [1.54, 1.807) is 32.5 Å². The zero-order valence-corrected chi connectivity index (χ0v) is 20.8. The maximum Gasteiger partial charge on any atom is 0.223 e. The molecule has 0 bridgehead atoms. The van der Waals surface area contributed by atoms with Gasteiger partial charge in [0, 0.05) is 50.6 Å². The quantitative estimate of drug-likeness (QED) is 0.473. The number of amides is 1. The average Bonchev–Trinajstić information content (AvgIpc) is 3.41. The lowest BCUT2D eigenvalue weighted by Gasteiger charge is -2.48. The van der Waals surface area contributed by atoms with Gasteiger partial charge in [-0.3, -0.25) is 9.89 Å². The molecule has 1 amide bonds. The van der Waals surface area contributed by atoms with Crippen molar-refractivity contribution in [3.63, 3.8) is 0 Å². The second-order valence-electron chi connectivity index (χ2n) is 9.35. The molecule has 0 unspecified atom stereocenters. The number of anilines is 1. The zero-order chi connectivity index (χ0) is 25.0. The predicted molar refractivity (Wildman–Crippen MR) is 134 cm³/mol. The average molecular weight is 481 g/mol. The number of hydrogen-bond acceptors (Lipinski definition) is 6. The third-order valence-electron chi connectivity index (χ3n) is 7.15. The van der Waals surface area contributed by atoms with Crippen molar-refractivity contribution in [2.75, 3.05) is 45.7 Å². The van der Waals surface area contributed by atoms with Crippen LogP contribution in [0.5, 0.6) is 5.88 Å². The fourth-order valence-corrected chi connectivity index (χ4v) is 4.83. The van der Waals surface area contributed by atoms with Crippen molar-refractivity contribution in [2.45, 2.75) is 31.8 Å². The molecular formula is C26H33FN6O2. The van der Waals surface area contributed by atoms with Gasteiger partial charge in [0.1, 0.15) is 11.6 Å². The number of methoxy groups -OCH3 is 1. The Morgan fingerprint density at radius 1 is 1.26 bits per heavy atom. The first-order chi connectivity index (χ1) is 16.9. The molecule has 3 aromatic rings. The van der Waals surface area contributed by atoms with Crippen LogP contribution >= 0.6 is 0 Å². The Bertz CT molecular complexity index is 1140. The topological polar surface area (TPSA) is 77.6 Å². The van der Waals surface area contributed by atoms with E-state index in [1.165, 1.54) is 6.07 Å². The molecule has 2 aromatic heterocycles. The van der Waals surface area contributed by atoms with Crippen LogP contribution in [0.3, 0.4) is 0 Å². The van der Waals surface area contributed by atoms with Gasteiger partial charge < -0.3 is 19.4 Å². The third kappa shape index (κ3) is 5.14. The Morgan fingerprint density at radius 2 is 2.03 bits per heavy atom. The summed E-state index contributed by atoms with van der Waals surface area (Å²) in [5, 5.41) is 6.83. The molecular weight excluding hydrogens is 447 g/mol. The van der Waals surface area contributed by atoms with Crippen molar-refractivity contribution in [3.8, 4) is 17.0 Å². The molecule has 0 spiro atoms. The highest BCUT2D eigenvalue weighted by molar-refractivity contribution is 5.69. The first-order valence-electron chi connectivity index (χ1n) is 11.8. The highest BCUT2D eigenvalue weighted by Crippen LogP contribution is 2.34. The number of piperidine rings is 1. The number of nitrogens with zero attached hydrogens (tertiary/aromatic N) is 5. The molecule has 9 heteroatoms. The van der Waals surface area contributed by atoms with Gasteiger partial charge in [0.15, 0.2) is 0 Å². The van der Waals surface area contributed by atoms with Crippen LogP contribution in [0.25, 0.3) is 11.1 Å². The summed E-state index contributed by atoms with van der Waals surface area (Å²) in [4.78, 5) is 23.4. The Labute approximate surface area is 205 Å². The molecule has 1 aromatic carbocycles. The number of aromatic amines is 1. The lowest BCUT2D eigenvalue weighted by atomic mass is 9.84. The van der Waals surface area contributed by atoms with E-state index in [9.17, 15) is 9.18 Å². The van der Waals surface area contributed by atoms with Crippen LogP contribution in [0.1, 0.15) is 24.0 Å². The van der Waals surface area contributed by atoms with Gasteiger partial charge in [-0.2, -0.15) is 10.1 Å². The normalized spacial score (nSPS) is 15.6. The van der Waals surface area contributed by atoms with Gasteiger partial charge in [-0.05, 0) is 56.1 Å². The molecule has 8 nitrogen and oxygen atoms in total. The summed E-state index contributed by atoms with van der Waals surface area (Å²) < 4.78 is 19.8. The number of H-pyrrole nitrogens is 1. The van der Waals surface area contributed by atoms with E-state index in [1.807, 2.05) is 30.1 Å². The van der Waals surface area contributed by atoms with Gasteiger partial charge >= 0.3 is 0 Å². The van der Waals surface area contributed by atoms with Crippen molar-refractivity contribution >= 4 is 12.2 Å². The van der Waals surface area contributed by atoms with Crippen LogP contribution in [-0.2, 0) is 11.3 Å². The molecule has 0 aliphatic carbocycles. The minimum absolute atomic E-state index is 0.253. The summed E-state index contributed by atoms with van der Waals surface area (Å²) in [5.41, 5.74) is 2.73. The van der Waals surface area contributed by atoms with Gasteiger partial charge in [-0.25, -0.2) is 4.39 Å². The number of benzene rings is 1. The molecule has 35 heavy (non-hydrogen) atoms. The summed E-state index contributed by atoms with van der Waals surface area (Å²) in [6.45, 7) is 4.46. The van der Waals surface area contributed by atoms with Crippen molar-refractivity contribution in [3.05, 3.63) is 59.7 Å². The number of carbonyl (C=O) groups is 1. The lowest BCUT2D eigenvalue weighted by Crippen LogP contribution is -2.59. The van der Waals surface area contributed by atoms with Crippen LogP contribution in [0.4, 0.5) is 10.2 Å². The van der Waals surface area contributed by atoms with Crippen LogP contribution < -0.4 is 9.64 Å². The minimum atomic E-state index is -0.417. The standard InChI is InChI=1S/C26H33FN6O2/c1-19-20(6-5-7-23(19)27)16-33(18-34)26(10-12-31(2)13-11-26)17-32(3)24-9-8-22(25(30-24)35-4)21-14-28-29-15-21/h5-9,14-15,18H,10-13,16-17H2,1-4H3,(H,28,29). The molecule has 1 fully saturated rings. The van der Waals surface area contributed by atoms with E-state index < -0.39 is 5.54 Å². The molecule has 3 heterocycles. The van der Waals surface area contributed by atoms with E-state index in [0.717, 1.165) is 54.8 Å². The number of likely N-dealkylation sites (N-methyl/N-ethyl adjacent to an activating group) is 1. The summed E-state index contributed by atoms with van der Waals surface area (Å²) in [5.74, 6) is 1.01. The Morgan fingerprint density at radius 3 is 2.69 bits per heavy atom. The maximum atomic E-state index is 14.2. The van der Waals surface area contributed by atoms with Crippen molar-refractivity contribution in [1.82, 2.24) is 25.0 Å². The van der Waals surface area contributed by atoms with E-state index in [-0.39, 0.29) is 5.82 Å². The molecule has 0 atom stereocenters. The highest BCUT2D eigenvalue weighted by Gasteiger charge is 2.40. The second kappa shape index (κ2) is 10.4. The van der Waals surface area contributed by atoms with E-state index in [4.69, 9.17) is 9.72 Å². The Balaban J connectivity index is 1.62. The fourth-order valence-electron chi connectivity index (χ4n) is 4.83. The molecule has 1 saturated heterocycles. The van der Waals surface area contributed by atoms with Gasteiger partial charge in [0.05, 0.1) is 18.8 Å². The van der Waals surface area contributed by atoms with Crippen LogP contribution in [0, 0.1) is 12.7 Å². The van der Waals surface area contributed by atoms with Crippen LogP contribution in [0.2, 0.25) is 0 Å². The van der Waals surface area contributed by atoms with E-state index in [2.05, 4.69) is 27.0 Å². The minimum Gasteiger partial charge on any atom is -0.480 e. The summed E-state index contributed by atoms with van der Waals surface area (Å²) in [6.07, 6.45) is 6.06. The van der Waals surface area contributed by atoms with Gasteiger partial charge in [0.25, 0.3) is 0 Å². The van der Waals surface area contributed by atoms with Gasteiger partial charge in [-0.15, -0.1) is 0 Å². The number of carbonyl (C=O) groups excluding carboxylic acids is 1. The summed E-state index contributed by atoms with van der Waals surface area (Å²) in [7, 11) is 5.68. The van der Waals surface area contributed by atoms with E-state index in [0.29, 0.717) is 24.5 Å². The third-order valence-corrected chi connectivity index (χ3v) is 7.15. The smallest absolute Gasteiger partial charge is 0.223 e. The molecule has 1 aliphatic heterocycles. The summed E-state index contributed by atoms with van der Waals surface area (Å²) in [6, 6.07) is 8.97. The second-order valence-corrected chi connectivity index (χ2v) is 9.35. The first-order valence-corrected chi connectivity index (χ1v) is 11.8.